The first kappa shape index (κ1) is 10.5. The Hall–Kier alpha value is -2.04. The molecule has 2 rings (SSSR count). The van der Waals surface area contributed by atoms with Crippen LogP contribution in [0.3, 0.4) is 0 Å². The number of anilines is 1. The van der Waals surface area contributed by atoms with Crippen molar-refractivity contribution >= 4 is 5.95 Å². The molecule has 0 aliphatic heterocycles. The number of ether oxygens (including phenoxy) is 1. The van der Waals surface area contributed by atoms with Gasteiger partial charge >= 0.3 is 0 Å². The number of aromatic nitrogens is 3. The van der Waals surface area contributed by atoms with E-state index in [1.165, 1.54) is 0 Å². The van der Waals surface area contributed by atoms with Gasteiger partial charge in [0.2, 0.25) is 5.95 Å². The summed E-state index contributed by atoms with van der Waals surface area (Å²) in [5, 5.41) is 7.12. The molecule has 0 saturated heterocycles. The van der Waals surface area contributed by atoms with Crippen LogP contribution >= 0.6 is 0 Å². The van der Waals surface area contributed by atoms with Crippen LogP contribution in [0.1, 0.15) is 0 Å². The maximum atomic E-state index is 5.11. The summed E-state index contributed by atoms with van der Waals surface area (Å²) in [5.41, 5.74) is 1.01. The summed E-state index contributed by atoms with van der Waals surface area (Å²) >= 11 is 0. The van der Waals surface area contributed by atoms with Crippen molar-refractivity contribution in [2.45, 2.75) is 0 Å². The summed E-state index contributed by atoms with van der Waals surface area (Å²) in [4.78, 5) is 4.35. The van der Waals surface area contributed by atoms with Crippen LogP contribution in [0.25, 0.3) is 11.4 Å². The van der Waals surface area contributed by atoms with E-state index in [2.05, 4.69) is 15.4 Å². The van der Waals surface area contributed by atoms with E-state index in [0.29, 0.717) is 5.95 Å². The Labute approximate surface area is 94.1 Å². The molecule has 5 nitrogen and oxygen atoms in total. The smallest absolute Gasteiger partial charge is 0.242 e. The summed E-state index contributed by atoms with van der Waals surface area (Å²) in [6.45, 7) is 0. The fraction of sp³-hybridized carbons (Fsp3) is 0.273. The lowest BCUT2D eigenvalue weighted by Gasteiger charge is -2.02. The third-order valence-corrected chi connectivity index (χ3v) is 2.33. The number of hydrogen-bond acceptors (Lipinski definition) is 4. The fourth-order valence-corrected chi connectivity index (χ4v) is 1.48. The van der Waals surface area contributed by atoms with Gasteiger partial charge < -0.3 is 10.1 Å². The van der Waals surface area contributed by atoms with Crippen molar-refractivity contribution in [3.8, 4) is 17.1 Å². The molecule has 5 heteroatoms. The van der Waals surface area contributed by atoms with Crippen LogP contribution in [0.15, 0.2) is 24.3 Å². The molecule has 0 radical (unpaired) electrons. The highest BCUT2D eigenvalue weighted by Crippen LogP contribution is 2.21. The number of nitrogens with one attached hydrogen (secondary N) is 1. The lowest BCUT2D eigenvalue weighted by Crippen LogP contribution is -1.95. The van der Waals surface area contributed by atoms with E-state index in [9.17, 15) is 0 Å². The first-order valence-electron chi connectivity index (χ1n) is 4.98. The second kappa shape index (κ2) is 4.22. The standard InChI is InChI=1S/C11H14N4O/c1-12-11-13-10(15(2)14-11)8-4-6-9(16-3)7-5-8/h4-7H,1-3H3,(H,12,14). The Balaban J connectivity index is 2.38. The topological polar surface area (TPSA) is 52.0 Å². The summed E-state index contributed by atoms with van der Waals surface area (Å²) in [7, 11) is 5.32. The highest BCUT2D eigenvalue weighted by molar-refractivity contribution is 5.57. The van der Waals surface area contributed by atoms with Gasteiger partial charge in [0.15, 0.2) is 5.82 Å². The van der Waals surface area contributed by atoms with Gasteiger partial charge in [0.05, 0.1) is 7.11 Å². The predicted octanol–water partition coefficient (Wildman–Crippen LogP) is 1.53. The molecular weight excluding hydrogens is 204 g/mol. The summed E-state index contributed by atoms with van der Waals surface area (Å²) in [6.07, 6.45) is 0. The van der Waals surface area contributed by atoms with Crippen molar-refractivity contribution in [1.82, 2.24) is 14.8 Å². The van der Waals surface area contributed by atoms with Gasteiger partial charge in [0, 0.05) is 19.7 Å². The van der Waals surface area contributed by atoms with Crippen LogP contribution in [0, 0.1) is 0 Å². The molecule has 84 valence electrons. The minimum Gasteiger partial charge on any atom is -0.497 e. The Morgan fingerprint density at radius 2 is 1.94 bits per heavy atom. The monoisotopic (exact) mass is 218 g/mol. The van der Waals surface area contributed by atoms with Crippen molar-refractivity contribution in [2.24, 2.45) is 7.05 Å². The molecule has 0 spiro atoms. The van der Waals surface area contributed by atoms with E-state index in [0.717, 1.165) is 17.1 Å². The molecule has 1 N–H and O–H groups in total. The maximum Gasteiger partial charge on any atom is 0.242 e. The molecule has 0 amide bonds. The highest BCUT2D eigenvalue weighted by Gasteiger charge is 2.07. The van der Waals surface area contributed by atoms with Gasteiger partial charge in [0.25, 0.3) is 0 Å². The minimum absolute atomic E-state index is 0.619. The quantitative estimate of drug-likeness (QED) is 0.848. The molecule has 0 atom stereocenters. The summed E-state index contributed by atoms with van der Waals surface area (Å²) in [5.74, 6) is 2.28. The van der Waals surface area contributed by atoms with Crippen LogP contribution in [0.2, 0.25) is 0 Å². The zero-order valence-electron chi connectivity index (χ0n) is 9.56. The SMILES string of the molecule is CNc1nc(-c2ccc(OC)cc2)n(C)n1. The number of nitrogens with zero attached hydrogens (tertiary/aromatic N) is 3. The Bertz CT molecular complexity index is 475. The van der Waals surface area contributed by atoms with Crippen LogP contribution < -0.4 is 10.1 Å². The average molecular weight is 218 g/mol. The number of aryl methyl sites for hydroxylation is 1. The number of benzene rings is 1. The van der Waals surface area contributed by atoms with E-state index < -0.39 is 0 Å². The third-order valence-electron chi connectivity index (χ3n) is 2.33. The molecule has 2 aromatic rings. The first-order chi connectivity index (χ1) is 7.74. The average Bonchev–Trinajstić information content (AvgIpc) is 2.71. The molecule has 0 aliphatic carbocycles. The fourth-order valence-electron chi connectivity index (χ4n) is 1.48. The number of rotatable bonds is 3. The number of methoxy groups -OCH3 is 1. The van der Waals surface area contributed by atoms with Crippen LogP contribution in [0.4, 0.5) is 5.95 Å². The predicted molar refractivity (Wildman–Crippen MR) is 62.5 cm³/mol. The van der Waals surface area contributed by atoms with E-state index in [4.69, 9.17) is 4.74 Å². The lowest BCUT2D eigenvalue weighted by atomic mass is 10.2. The van der Waals surface area contributed by atoms with E-state index in [1.54, 1.807) is 18.8 Å². The lowest BCUT2D eigenvalue weighted by molar-refractivity contribution is 0.415. The van der Waals surface area contributed by atoms with Crippen LogP contribution in [-0.2, 0) is 7.05 Å². The Morgan fingerprint density at radius 1 is 1.25 bits per heavy atom. The largest absolute Gasteiger partial charge is 0.497 e. The van der Waals surface area contributed by atoms with Crippen molar-refractivity contribution in [3.63, 3.8) is 0 Å². The Kier molecular flexibility index (Phi) is 2.76. The second-order valence-electron chi connectivity index (χ2n) is 3.36. The minimum atomic E-state index is 0.619. The first-order valence-corrected chi connectivity index (χ1v) is 4.98. The van der Waals surface area contributed by atoms with Gasteiger partial charge in [-0.1, -0.05) is 0 Å². The van der Waals surface area contributed by atoms with E-state index >= 15 is 0 Å². The van der Waals surface area contributed by atoms with Crippen LogP contribution in [-0.4, -0.2) is 28.9 Å². The number of hydrogen-bond donors (Lipinski definition) is 1. The molecule has 1 aromatic carbocycles. The van der Waals surface area contributed by atoms with Gasteiger partial charge in [-0.15, -0.1) is 5.10 Å². The van der Waals surface area contributed by atoms with E-state index in [1.807, 2.05) is 31.3 Å². The molecule has 16 heavy (non-hydrogen) atoms. The molecule has 0 aliphatic rings. The van der Waals surface area contributed by atoms with Crippen molar-refractivity contribution in [2.75, 3.05) is 19.5 Å². The van der Waals surface area contributed by atoms with Gasteiger partial charge in [0.1, 0.15) is 5.75 Å². The van der Waals surface area contributed by atoms with Crippen LogP contribution in [0.5, 0.6) is 5.75 Å². The third kappa shape index (κ3) is 1.84. The molecule has 1 aromatic heterocycles. The van der Waals surface area contributed by atoms with Crippen molar-refractivity contribution in [3.05, 3.63) is 24.3 Å². The molecule has 0 unspecified atom stereocenters. The van der Waals surface area contributed by atoms with Gasteiger partial charge in [-0.05, 0) is 24.3 Å². The molecule has 1 heterocycles. The molecule has 0 saturated carbocycles. The van der Waals surface area contributed by atoms with E-state index in [-0.39, 0.29) is 0 Å². The zero-order valence-corrected chi connectivity index (χ0v) is 9.56. The highest BCUT2D eigenvalue weighted by atomic mass is 16.5. The normalized spacial score (nSPS) is 10.2. The summed E-state index contributed by atoms with van der Waals surface area (Å²) in [6, 6.07) is 7.73. The zero-order chi connectivity index (χ0) is 11.5. The van der Waals surface area contributed by atoms with Gasteiger partial charge in [-0.25, -0.2) is 4.68 Å². The van der Waals surface area contributed by atoms with Gasteiger partial charge in [-0.2, -0.15) is 4.98 Å². The second-order valence-corrected chi connectivity index (χ2v) is 3.36. The maximum absolute atomic E-state index is 5.11. The Morgan fingerprint density at radius 3 is 2.44 bits per heavy atom. The summed E-state index contributed by atoms with van der Waals surface area (Å²) < 4.78 is 6.85. The molecule has 0 bridgehead atoms. The van der Waals surface area contributed by atoms with Crippen molar-refractivity contribution in [1.29, 1.82) is 0 Å². The molecule has 0 fully saturated rings. The molecular formula is C11H14N4O. The van der Waals surface area contributed by atoms with Crippen molar-refractivity contribution < 1.29 is 4.74 Å². The van der Waals surface area contributed by atoms with Gasteiger partial charge in [-0.3, -0.25) is 0 Å².